The number of hydrogen-bond acceptors (Lipinski definition) is 3. The first kappa shape index (κ1) is 10.1. The number of anilines is 1. The molecule has 0 amide bonds. The Kier molecular flexibility index (Phi) is 3.31. The third kappa shape index (κ3) is 2.01. The fraction of sp³-hybridized carbons (Fsp3) is 0.667. The van der Waals surface area contributed by atoms with Crippen LogP contribution in [0.5, 0.6) is 0 Å². The van der Waals surface area contributed by atoms with Crippen LogP contribution in [0, 0.1) is 0 Å². The molecule has 4 nitrogen and oxygen atoms in total. The summed E-state index contributed by atoms with van der Waals surface area (Å²) >= 11 is 0. The lowest BCUT2D eigenvalue weighted by Crippen LogP contribution is -2.24. The first-order valence-corrected chi connectivity index (χ1v) is 4.70. The van der Waals surface area contributed by atoms with E-state index in [0.29, 0.717) is 6.54 Å². The molecule has 2 N–H and O–H groups in total. The van der Waals surface area contributed by atoms with Crippen LogP contribution in [-0.2, 0) is 13.6 Å². The van der Waals surface area contributed by atoms with E-state index in [-0.39, 0.29) is 0 Å². The fourth-order valence-corrected chi connectivity index (χ4v) is 1.46. The van der Waals surface area contributed by atoms with E-state index in [4.69, 9.17) is 5.73 Å². The van der Waals surface area contributed by atoms with Gasteiger partial charge in [-0.15, -0.1) is 0 Å². The quantitative estimate of drug-likeness (QED) is 0.746. The number of nitrogens with zero attached hydrogens (tertiary/aromatic N) is 3. The molecule has 0 fully saturated rings. The van der Waals surface area contributed by atoms with Crippen molar-refractivity contribution in [1.82, 2.24) is 9.78 Å². The van der Waals surface area contributed by atoms with Gasteiger partial charge in [-0.2, -0.15) is 5.10 Å². The largest absolute Gasteiger partial charge is 0.355 e. The predicted molar refractivity (Wildman–Crippen MR) is 54.7 cm³/mol. The molecule has 0 aliphatic heterocycles. The number of hydrogen-bond donors (Lipinski definition) is 1. The minimum Gasteiger partial charge on any atom is -0.355 e. The van der Waals surface area contributed by atoms with Crippen LogP contribution in [0.3, 0.4) is 0 Å². The second-order valence-electron chi connectivity index (χ2n) is 3.03. The van der Waals surface area contributed by atoms with Crippen LogP contribution in [0.1, 0.15) is 19.4 Å². The molecule has 1 aromatic heterocycles. The van der Waals surface area contributed by atoms with Crippen molar-refractivity contribution in [3.63, 3.8) is 0 Å². The van der Waals surface area contributed by atoms with E-state index in [1.807, 2.05) is 17.9 Å². The monoisotopic (exact) mass is 182 g/mol. The van der Waals surface area contributed by atoms with Crippen molar-refractivity contribution in [2.75, 3.05) is 18.0 Å². The molecule has 0 bridgehead atoms. The van der Waals surface area contributed by atoms with Crippen LogP contribution in [0.2, 0.25) is 0 Å². The Bertz CT molecular complexity index is 263. The fourth-order valence-electron chi connectivity index (χ4n) is 1.46. The Morgan fingerprint density at radius 3 is 2.54 bits per heavy atom. The highest BCUT2D eigenvalue weighted by atomic mass is 15.3. The van der Waals surface area contributed by atoms with E-state index in [9.17, 15) is 0 Å². The van der Waals surface area contributed by atoms with Crippen molar-refractivity contribution in [2.45, 2.75) is 20.4 Å². The zero-order chi connectivity index (χ0) is 9.84. The highest BCUT2D eigenvalue weighted by Crippen LogP contribution is 2.16. The van der Waals surface area contributed by atoms with Crippen LogP contribution in [-0.4, -0.2) is 22.9 Å². The van der Waals surface area contributed by atoms with E-state index in [0.717, 1.165) is 24.5 Å². The molecule has 0 spiro atoms. The topological polar surface area (TPSA) is 47.1 Å². The molecule has 0 radical (unpaired) electrons. The lowest BCUT2D eigenvalue weighted by atomic mass is 10.3. The van der Waals surface area contributed by atoms with E-state index >= 15 is 0 Å². The maximum atomic E-state index is 5.63. The van der Waals surface area contributed by atoms with Gasteiger partial charge in [0.2, 0.25) is 0 Å². The van der Waals surface area contributed by atoms with E-state index in [2.05, 4.69) is 23.8 Å². The third-order valence-electron chi connectivity index (χ3n) is 2.17. The van der Waals surface area contributed by atoms with Gasteiger partial charge in [0.15, 0.2) is 5.82 Å². The molecule has 0 atom stereocenters. The maximum Gasteiger partial charge on any atom is 0.155 e. The molecule has 0 aromatic carbocycles. The van der Waals surface area contributed by atoms with E-state index in [1.165, 1.54) is 0 Å². The highest BCUT2D eigenvalue weighted by Gasteiger charge is 2.10. The first-order chi connectivity index (χ1) is 6.22. The molecular weight excluding hydrogens is 164 g/mol. The Morgan fingerprint density at radius 2 is 2.08 bits per heavy atom. The van der Waals surface area contributed by atoms with Gasteiger partial charge < -0.3 is 10.6 Å². The summed E-state index contributed by atoms with van der Waals surface area (Å²) in [6, 6.07) is 0. The SMILES string of the molecule is CCN(CC)c1nn(C)cc1CN. The summed E-state index contributed by atoms with van der Waals surface area (Å²) in [7, 11) is 1.92. The molecule has 0 aliphatic carbocycles. The molecule has 0 aliphatic rings. The number of nitrogens with two attached hydrogens (primary N) is 1. The van der Waals surface area contributed by atoms with Crippen molar-refractivity contribution in [3.05, 3.63) is 11.8 Å². The summed E-state index contributed by atoms with van der Waals surface area (Å²) in [6.45, 7) is 6.75. The zero-order valence-corrected chi connectivity index (χ0v) is 8.62. The van der Waals surface area contributed by atoms with E-state index < -0.39 is 0 Å². The van der Waals surface area contributed by atoms with Crippen molar-refractivity contribution < 1.29 is 0 Å². The van der Waals surface area contributed by atoms with Gasteiger partial charge in [-0.1, -0.05) is 0 Å². The van der Waals surface area contributed by atoms with Crippen molar-refractivity contribution in [2.24, 2.45) is 12.8 Å². The van der Waals surface area contributed by atoms with Gasteiger partial charge >= 0.3 is 0 Å². The summed E-state index contributed by atoms with van der Waals surface area (Å²) in [5.74, 6) is 1.02. The van der Waals surface area contributed by atoms with Crippen LogP contribution in [0.15, 0.2) is 6.20 Å². The lowest BCUT2D eigenvalue weighted by Gasteiger charge is -2.18. The third-order valence-corrected chi connectivity index (χ3v) is 2.17. The summed E-state index contributed by atoms with van der Waals surface area (Å²) in [5.41, 5.74) is 6.75. The van der Waals surface area contributed by atoms with Gasteiger partial charge in [0.1, 0.15) is 0 Å². The Labute approximate surface area is 79.3 Å². The molecule has 0 saturated carbocycles. The molecule has 0 saturated heterocycles. The molecule has 13 heavy (non-hydrogen) atoms. The van der Waals surface area contributed by atoms with Crippen molar-refractivity contribution in [1.29, 1.82) is 0 Å². The molecule has 1 aromatic rings. The molecular formula is C9H18N4. The van der Waals surface area contributed by atoms with Crippen molar-refractivity contribution in [3.8, 4) is 0 Å². The van der Waals surface area contributed by atoms with E-state index in [1.54, 1.807) is 0 Å². The van der Waals surface area contributed by atoms with Crippen LogP contribution < -0.4 is 10.6 Å². The standard InChI is InChI=1S/C9H18N4/c1-4-13(5-2)9-8(6-10)7-12(3)11-9/h7H,4-6,10H2,1-3H3. The normalized spacial score (nSPS) is 10.5. The van der Waals surface area contributed by atoms with Gasteiger partial charge in [-0.3, -0.25) is 4.68 Å². The Hall–Kier alpha value is -1.03. The number of aromatic nitrogens is 2. The summed E-state index contributed by atoms with van der Waals surface area (Å²) in [5, 5.41) is 4.39. The van der Waals surface area contributed by atoms with Crippen molar-refractivity contribution >= 4 is 5.82 Å². The highest BCUT2D eigenvalue weighted by molar-refractivity contribution is 5.45. The molecule has 1 heterocycles. The van der Waals surface area contributed by atoms with Gasteiger partial charge in [0.05, 0.1) is 0 Å². The molecule has 0 unspecified atom stereocenters. The summed E-state index contributed by atoms with van der Waals surface area (Å²) < 4.78 is 1.82. The number of rotatable bonds is 4. The van der Waals surface area contributed by atoms with Gasteiger partial charge in [-0.05, 0) is 13.8 Å². The summed E-state index contributed by atoms with van der Waals surface area (Å²) in [6.07, 6.45) is 1.98. The van der Waals surface area contributed by atoms with Crippen LogP contribution in [0.25, 0.3) is 0 Å². The molecule has 74 valence electrons. The lowest BCUT2D eigenvalue weighted by molar-refractivity contribution is 0.744. The molecule has 4 heteroatoms. The zero-order valence-electron chi connectivity index (χ0n) is 8.62. The predicted octanol–water partition coefficient (Wildman–Crippen LogP) is 0.725. The summed E-state index contributed by atoms with van der Waals surface area (Å²) in [4.78, 5) is 2.21. The smallest absolute Gasteiger partial charge is 0.155 e. The average Bonchev–Trinajstić information content (AvgIpc) is 2.49. The first-order valence-electron chi connectivity index (χ1n) is 4.70. The van der Waals surface area contributed by atoms with Crippen LogP contribution in [0.4, 0.5) is 5.82 Å². The molecule has 1 rings (SSSR count). The second-order valence-corrected chi connectivity index (χ2v) is 3.03. The second kappa shape index (κ2) is 4.28. The minimum absolute atomic E-state index is 0.555. The maximum absolute atomic E-state index is 5.63. The number of aryl methyl sites for hydroxylation is 1. The minimum atomic E-state index is 0.555. The van der Waals surface area contributed by atoms with Gasteiger partial charge in [-0.25, -0.2) is 0 Å². The Morgan fingerprint density at radius 1 is 1.46 bits per heavy atom. The Balaban J connectivity index is 2.96. The average molecular weight is 182 g/mol. The van der Waals surface area contributed by atoms with Gasteiger partial charge in [0.25, 0.3) is 0 Å². The van der Waals surface area contributed by atoms with Gasteiger partial charge in [0, 0.05) is 38.4 Å². The van der Waals surface area contributed by atoms with Crippen LogP contribution >= 0.6 is 0 Å².